The van der Waals surface area contributed by atoms with Gasteiger partial charge in [-0.3, -0.25) is 0 Å². The SMILES string of the molecule is CC(C)=CCNC1=C2N=CNC2NC=N1. The molecular formula is C10H15N5. The van der Waals surface area contributed by atoms with Crippen LogP contribution in [-0.4, -0.2) is 25.4 Å². The Morgan fingerprint density at radius 3 is 2.87 bits per heavy atom. The van der Waals surface area contributed by atoms with E-state index in [4.69, 9.17) is 0 Å². The minimum Gasteiger partial charge on any atom is -0.365 e. The van der Waals surface area contributed by atoms with Gasteiger partial charge in [0.25, 0.3) is 0 Å². The summed E-state index contributed by atoms with van der Waals surface area (Å²) in [5.74, 6) is 0.831. The van der Waals surface area contributed by atoms with Crippen molar-refractivity contribution in [3.63, 3.8) is 0 Å². The number of aliphatic imine (C=N–C) groups is 2. The largest absolute Gasteiger partial charge is 0.365 e. The Bertz CT molecular complexity index is 360. The lowest BCUT2D eigenvalue weighted by molar-refractivity contribution is 0.651. The van der Waals surface area contributed by atoms with Gasteiger partial charge in [0.1, 0.15) is 11.9 Å². The van der Waals surface area contributed by atoms with Crippen LogP contribution in [0.1, 0.15) is 13.8 Å². The van der Waals surface area contributed by atoms with Crippen molar-refractivity contribution in [3.05, 3.63) is 23.2 Å². The minimum atomic E-state index is 0.0664. The van der Waals surface area contributed by atoms with E-state index in [1.807, 2.05) is 0 Å². The molecule has 1 unspecified atom stereocenters. The molecule has 0 aromatic carbocycles. The van der Waals surface area contributed by atoms with E-state index in [0.29, 0.717) is 0 Å². The highest BCUT2D eigenvalue weighted by atomic mass is 15.3. The van der Waals surface area contributed by atoms with Gasteiger partial charge in [0.2, 0.25) is 0 Å². The van der Waals surface area contributed by atoms with Crippen LogP contribution in [0.4, 0.5) is 0 Å². The van der Waals surface area contributed by atoms with E-state index in [1.54, 1.807) is 12.7 Å². The van der Waals surface area contributed by atoms with Gasteiger partial charge in [0.05, 0.1) is 12.7 Å². The molecule has 0 saturated carbocycles. The summed E-state index contributed by atoms with van der Waals surface area (Å²) in [6.45, 7) is 4.92. The van der Waals surface area contributed by atoms with Crippen LogP contribution in [0.2, 0.25) is 0 Å². The fourth-order valence-electron chi connectivity index (χ4n) is 1.39. The standard InChI is InChI=1S/C10H15N5/c1-7(2)3-4-11-9-8-10(13-5-12-8)15-6-14-9/h3,5-6,10-11H,4H2,1-2H3,(H,12,13)(H,14,15). The molecule has 0 radical (unpaired) electrons. The van der Waals surface area contributed by atoms with E-state index in [0.717, 1.165) is 18.1 Å². The van der Waals surface area contributed by atoms with Gasteiger partial charge in [-0.05, 0) is 13.8 Å². The zero-order valence-electron chi connectivity index (χ0n) is 8.91. The van der Waals surface area contributed by atoms with Crippen molar-refractivity contribution in [1.82, 2.24) is 16.0 Å². The maximum absolute atomic E-state index is 4.22. The molecule has 2 aliphatic heterocycles. The normalized spacial score (nSPS) is 21.9. The first-order chi connectivity index (χ1) is 7.27. The molecule has 3 N–H and O–H groups in total. The third-order valence-electron chi connectivity index (χ3n) is 2.18. The van der Waals surface area contributed by atoms with Crippen LogP contribution >= 0.6 is 0 Å². The van der Waals surface area contributed by atoms with Gasteiger partial charge < -0.3 is 16.0 Å². The van der Waals surface area contributed by atoms with E-state index in [1.165, 1.54) is 5.57 Å². The molecule has 2 rings (SSSR count). The third-order valence-corrected chi connectivity index (χ3v) is 2.18. The average molecular weight is 205 g/mol. The maximum Gasteiger partial charge on any atom is 0.153 e. The molecule has 0 aliphatic carbocycles. The number of hydrogen-bond acceptors (Lipinski definition) is 5. The van der Waals surface area contributed by atoms with Gasteiger partial charge in [0.15, 0.2) is 5.82 Å². The Kier molecular flexibility index (Phi) is 2.71. The van der Waals surface area contributed by atoms with E-state index < -0.39 is 0 Å². The molecule has 0 bridgehead atoms. The summed E-state index contributed by atoms with van der Waals surface area (Å²) in [5.41, 5.74) is 2.20. The molecule has 0 saturated heterocycles. The Balaban J connectivity index is 2.04. The monoisotopic (exact) mass is 205 g/mol. The Labute approximate surface area is 89.1 Å². The lowest BCUT2D eigenvalue weighted by Crippen LogP contribution is -2.41. The molecule has 1 atom stereocenters. The van der Waals surface area contributed by atoms with Crippen molar-refractivity contribution in [3.8, 4) is 0 Å². The molecule has 5 nitrogen and oxygen atoms in total. The Hall–Kier alpha value is -1.78. The summed E-state index contributed by atoms with van der Waals surface area (Å²) in [4.78, 5) is 8.44. The summed E-state index contributed by atoms with van der Waals surface area (Å²) < 4.78 is 0. The van der Waals surface area contributed by atoms with Crippen LogP contribution in [0, 0.1) is 0 Å². The molecule has 80 valence electrons. The number of fused-ring (bicyclic) bond motifs is 1. The molecular weight excluding hydrogens is 190 g/mol. The first-order valence-electron chi connectivity index (χ1n) is 4.96. The highest BCUT2D eigenvalue weighted by Gasteiger charge is 2.22. The van der Waals surface area contributed by atoms with Gasteiger partial charge >= 0.3 is 0 Å². The van der Waals surface area contributed by atoms with Crippen molar-refractivity contribution in [2.75, 3.05) is 6.54 Å². The van der Waals surface area contributed by atoms with Gasteiger partial charge in [-0.2, -0.15) is 0 Å². The van der Waals surface area contributed by atoms with Crippen LogP contribution in [0.5, 0.6) is 0 Å². The van der Waals surface area contributed by atoms with E-state index >= 15 is 0 Å². The zero-order valence-corrected chi connectivity index (χ0v) is 8.91. The van der Waals surface area contributed by atoms with Crippen molar-refractivity contribution >= 4 is 12.7 Å². The van der Waals surface area contributed by atoms with Crippen molar-refractivity contribution in [2.24, 2.45) is 9.98 Å². The smallest absolute Gasteiger partial charge is 0.153 e. The molecule has 15 heavy (non-hydrogen) atoms. The van der Waals surface area contributed by atoms with E-state index in [-0.39, 0.29) is 6.17 Å². The van der Waals surface area contributed by atoms with Crippen molar-refractivity contribution in [2.45, 2.75) is 20.0 Å². The molecule has 0 aromatic rings. The highest BCUT2D eigenvalue weighted by Crippen LogP contribution is 2.14. The predicted octanol–water partition coefficient (Wildman–Crippen LogP) is 0.300. The fourth-order valence-corrected chi connectivity index (χ4v) is 1.39. The van der Waals surface area contributed by atoms with Crippen LogP contribution < -0.4 is 16.0 Å². The number of allylic oxidation sites excluding steroid dienone is 1. The second-order valence-corrected chi connectivity index (χ2v) is 3.68. The predicted molar refractivity (Wildman–Crippen MR) is 61.5 cm³/mol. The molecule has 0 fully saturated rings. The minimum absolute atomic E-state index is 0.0664. The van der Waals surface area contributed by atoms with Crippen LogP contribution in [0.15, 0.2) is 33.2 Å². The average Bonchev–Trinajstić information content (AvgIpc) is 2.65. The van der Waals surface area contributed by atoms with E-state index in [9.17, 15) is 0 Å². The summed E-state index contributed by atoms with van der Waals surface area (Å²) in [7, 11) is 0. The second kappa shape index (κ2) is 4.16. The summed E-state index contributed by atoms with van der Waals surface area (Å²) >= 11 is 0. The van der Waals surface area contributed by atoms with Crippen molar-refractivity contribution in [1.29, 1.82) is 0 Å². The molecule has 0 spiro atoms. The molecule has 0 amide bonds. The number of rotatable bonds is 3. The summed E-state index contributed by atoms with van der Waals surface area (Å²) in [6, 6.07) is 0. The molecule has 0 aromatic heterocycles. The highest BCUT2D eigenvalue weighted by molar-refractivity contribution is 5.68. The zero-order chi connectivity index (χ0) is 10.7. The fraction of sp³-hybridized carbons (Fsp3) is 0.400. The van der Waals surface area contributed by atoms with Crippen LogP contribution in [0.25, 0.3) is 0 Å². The number of hydrogen-bond donors (Lipinski definition) is 3. The topological polar surface area (TPSA) is 60.8 Å². The molecule has 2 heterocycles. The maximum atomic E-state index is 4.22. The lowest BCUT2D eigenvalue weighted by atomic mass is 10.3. The van der Waals surface area contributed by atoms with Crippen LogP contribution in [-0.2, 0) is 0 Å². The van der Waals surface area contributed by atoms with Gasteiger partial charge in [-0.25, -0.2) is 9.98 Å². The quantitative estimate of drug-likeness (QED) is 0.581. The first kappa shape index (κ1) is 9.76. The number of nitrogens with one attached hydrogen (secondary N) is 3. The lowest BCUT2D eigenvalue weighted by Gasteiger charge is -2.18. The summed E-state index contributed by atoms with van der Waals surface area (Å²) in [6.07, 6.45) is 5.55. The summed E-state index contributed by atoms with van der Waals surface area (Å²) in [5, 5.41) is 9.39. The van der Waals surface area contributed by atoms with Gasteiger partial charge in [-0.15, -0.1) is 0 Å². The molecule has 2 aliphatic rings. The Morgan fingerprint density at radius 2 is 2.13 bits per heavy atom. The molecule has 5 heteroatoms. The van der Waals surface area contributed by atoms with E-state index in [2.05, 4.69) is 45.9 Å². The first-order valence-corrected chi connectivity index (χ1v) is 4.96. The van der Waals surface area contributed by atoms with Gasteiger partial charge in [-0.1, -0.05) is 11.6 Å². The Morgan fingerprint density at radius 1 is 1.40 bits per heavy atom. The van der Waals surface area contributed by atoms with Gasteiger partial charge in [0, 0.05) is 6.54 Å². The second-order valence-electron chi connectivity index (χ2n) is 3.68. The number of nitrogens with zero attached hydrogens (tertiary/aromatic N) is 2. The van der Waals surface area contributed by atoms with Crippen molar-refractivity contribution < 1.29 is 0 Å². The third kappa shape index (κ3) is 2.18. The van der Waals surface area contributed by atoms with Crippen LogP contribution in [0.3, 0.4) is 0 Å².